The van der Waals surface area contributed by atoms with Crippen LogP contribution in [-0.4, -0.2) is 26.2 Å². The summed E-state index contributed by atoms with van der Waals surface area (Å²) in [5, 5.41) is 0. The standard InChI is InChI=1S/2C2H8N2.ClHO4.2ClH.Co/c2*3-1-2-4;2-1(3,4)5;;;/h2*1-4H2;(H,2,3,4,5);2*1H;/q;;;;;+3/p-3. The van der Waals surface area contributed by atoms with Gasteiger partial charge < -0.3 is 22.9 Å². The fraction of sp³-hybridized carbons (Fsp3) is 1.00. The summed E-state index contributed by atoms with van der Waals surface area (Å²) in [5.41, 5.74) is 19.6. The van der Waals surface area contributed by atoms with Crippen LogP contribution in [-0.2, 0) is 12.9 Å². The molecule has 0 aromatic rings. The van der Waals surface area contributed by atoms with E-state index in [1.807, 2.05) is 0 Å². The number of hydrogen-bond acceptors (Lipinski definition) is 8. The number of hydrogen-bond donors (Lipinski definition) is 4. The fourth-order valence-electron chi connectivity index (χ4n) is 0. The summed E-state index contributed by atoms with van der Waals surface area (Å²) in [6.45, 7) is 2.39. The van der Waals surface area contributed by atoms with Crippen LogP contribution >= 0.6 is 20.3 Å². The van der Waals surface area contributed by atoms with E-state index in [0.29, 0.717) is 39.1 Å². The summed E-state index contributed by atoms with van der Waals surface area (Å²) in [5.74, 6) is 0. The smallest absolute Gasteiger partial charge is 0.112 e. The van der Waals surface area contributed by atoms with E-state index < -0.39 is 10.2 Å². The van der Waals surface area contributed by atoms with Crippen LogP contribution in [0.5, 0.6) is 0 Å². The number of nitrogens with two attached hydrogens (primary N) is 4. The average molecular weight is 349 g/mol. The first-order chi connectivity index (χ1) is 7.24. The second-order valence-electron chi connectivity index (χ2n) is 1.58. The van der Waals surface area contributed by atoms with Crippen molar-refractivity contribution in [3.8, 4) is 0 Å². The minimum atomic E-state index is -4.94. The zero-order valence-electron chi connectivity index (χ0n) is 8.24. The summed E-state index contributed by atoms with van der Waals surface area (Å²) < 4.78 is 34.0. The van der Waals surface area contributed by atoms with Crippen LogP contribution in [0.25, 0.3) is 0 Å². The molecule has 0 heterocycles. The summed E-state index contributed by atoms with van der Waals surface area (Å²) >= 11 is 0.382. The van der Waals surface area contributed by atoms with Crippen molar-refractivity contribution in [3.63, 3.8) is 0 Å². The van der Waals surface area contributed by atoms with E-state index in [0.717, 1.165) is 0 Å². The molecule has 0 aliphatic heterocycles. The molecule has 106 valence electrons. The van der Waals surface area contributed by atoms with Crippen molar-refractivity contribution >= 4 is 20.3 Å². The molecule has 0 atom stereocenters. The Labute approximate surface area is 111 Å². The summed E-state index contributed by atoms with van der Waals surface area (Å²) in [6, 6.07) is 0. The molecule has 0 aliphatic carbocycles. The molecule has 0 bridgehead atoms. The average Bonchev–Trinajstić information content (AvgIpc) is 2.16. The van der Waals surface area contributed by atoms with Crippen molar-refractivity contribution in [2.45, 2.75) is 0 Å². The van der Waals surface area contributed by atoms with Gasteiger partial charge in [-0.05, 0) is 0 Å². The van der Waals surface area contributed by atoms with Crippen molar-refractivity contribution in [3.05, 3.63) is 0 Å². The van der Waals surface area contributed by atoms with Gasteiger partial charge in [-0.2, -0.15) is 0 Å². The van der Waals surface area contributed by atoms with Gasteiger partial charge in [-0.25, -0.2) is 18.6 Å². The first-order valence-electron chi connectivity index (χ1n) is 3.50. The van der Waals surface area contributed by atoms with Gasteiger partial charge in [0.2, 0.25) is 0 Å². The predicted molar refractivity (Wildman–Crippen MR) is 47.9 cm³/mol. The van der Waals surface area contributed by atoms with Crippen LogP contribution in [0, 0.1) is 10.2 Å². The molecule has 12 heteroatoms. The van der Waals surface area contributed by atoms with Gasteiger partial charge in [0.05, 0.1) is 0 Å². The van der Waals surface area contributed by atoms with Crippen molar-refractivity contribution < 1.29 is 41.8 Å². The normalized spacial score (nSPS) is 8.88. The van der Waals surface area contributed by atoms with Gasteiger partial charge in [0.15, 0.2) is 0 Å². The molecule has 8 N–H and O–H groups in total. The van der Waals surface area contributed by atoms with E-state index in [9.17, 15) is 0 Å². The topological polar surface area (TPSA) is 196 Å². The fourth-order valence-corrected chi connectivity index (χ4v) is 0. The maximum Gasteiger partial charge on any atom is -0.112 e. The van der Waals surface area contributed by atoms with E-state index in [4.69, 9.17) is 61.9 Å². The third-order valence-corrected chi connectivity index (χ3v) is 0.333. The van der Waals surface area contributed by atoms with Gasteiger partial charge >= 0.3 is 33.2 Å². The first kappa shape index (κ1) is 25.8. The quantitative estimate of drug-likeness (QED) is 0.378. The van der Waals surface area contributed by atoms with Crippen molar-refractivity contribution in [1.82, 2.24) is 0 Å². The van der Waals surface area contributed by atoms with Gasteiger partial charge in [0.1, 0.15) is 0 Å². The summed E-state index contributed by atoms with van der Waals surface area (Å²) in [7, 11) is 4.52. The van der Waals surface area contributed by atoms with Crippen LogP contribution in [0.4, 0.5) is 0 Å². The molecule has 0 radical (unpaired) electrons. The number of halogens is 3. The molecular weight excluding hydrogens is 333 g/mol. The first-order valence-corrected chi connectivity index (χ1v) is 7.60. The molecule has 0 fully saturated rings. The van der Waals surface area contributed by atoms with Gasteiger partial charge in [0.25, 0.3) is 0 Å². The van der Waals surface area contributed by atoms with Crippen molar-refractivity contribution in [2.24, 2.45) is 22.9 Å². The Morgan fingerprint density at radius 3 is 0.812 bits per heavy atom. The molecule has 0 amide bonds. The monoisotopic (exact) mass is 348 g/mol. The zero-order valence-corrected chi connectivity index (χ0v) is 11.5. The molecule has 0 rings (SSSR count). The Morgan fingerprint density at radius 1 is 0.750 bits per heavy atom. The second-order valence-corrected chi connectivity index (χ2v) is 4.06. The number of rotatable bonds is 2. The molecule has 0 saturated heterocycles. The Balaban J connectivity index is -0.0000000610. The Kier molecular flexibility index (Phi) is 40.4. The SMILES string of the molecule is NCCN.NCCN.[Cl][Co+][Cl].[O-][Cl+3]([O-])([O-])[O-]. The van der Waals surface area contributed by atoms with E-state index in [1.165, 1.54) is 0 Å². The summed E-state index contributed by atoms with van der Waals surface area (Å²) in [6.07, 6.45) is 0. The van der Waals surface area contributed by atoms with E-state index in [1.54, 1.807) is 0 Å². The largest absolute Gasteiger partial charge is 0.222 e. The molecule has 16 heavy (non-hydrogen) atoms. The Hall–Kier alpha value is 1.06. The molecule has 8 nitrogen and oxygen atoms in total. The van der Waals surface area contributed by atoms with Gasteiger partial charge in [0, 0.05) is 26.2 Å². The summed E-state index contributed by atoms with van der Waals surface area (Å²) in [4.78, 5) is 0. The van der Waals surface area contributed by atoms with Gasteiger partial charge in [-0.15, -0.1) is 10.2 Å². The van der Waals surface area contributed by atoms with Crippen molar-refractivity contribution in [1.29, 1.82) is 0 Å². The van der Waals surface area contributed by atoms with Gasteiger partial charge in [-0.3, -0.25) is 0 Å². The molecule has 0 aromatic carbocycles. The maximum absolute atomic E-state index is 8.49. The third-order valence-electron chi connectivity index (χ3n) is 0.333. The Bertz CT molecular complexity index is 87.8. The van der Waals surface area contributed by atoms with E-state index >= 15 is 0 Å². The molecular formula is C4H16Cl3CoN4O4. The Morgan fingerprint density at radius 2 is 0.812 bits per heavy atom. The molecule has 0 saturated carbocycles. The van der Waals surface area contributed by atoms with Crippen LogP contribution in [0.15, 0.2) is 0 Å². The predicted octanol–water partition coefficient (Wildman–Crippen LogP) is -5.57. The molecule has 0 aromatic heterocycles. The van der Waals surface area contributed by atoms with Crippen LogP contribution in [0.3, 0.4) is 0 Å². The zero-order chi connectivity index (χ0) is 14.0. The van der Waals surface area contributed by atoms with E-state index in [2.05, 4.69) is 0 Å². The second kappa shape index (κ2) is 25.0. The van der Waals surface area contributed by atoms with E-state index in [-0.39, 0.29) is 0 Å². The van der Waals surface area contributed by atoms with Crippen LogP contribution in [0.1, 0.15) is 0 Å². The molecule has 0 spiro atoms. The van der Waals surface area contributed by atoms with Crippen molar-refractivity contribution in [2.75, 3.05) is 26.2 Å². The van der Waals surface area contributed by atoms with Crippen LogP contribution in [0.2, 0.25) is 0 Å². The van der Waals surface area contributed by atoms with Gasteiger partial charge in [-0.1, -0.05) is 0 Å². The van der Waals surface area contributed by atoms with Crippen LogP contribution < -0.4 is 41.6 Å². The minimum absolute atomic E-state index is 0.382. The third kappa shape index (κ3) is 318. The minimum Gasteiger partial charge on any atom is -0.222 e. The maximum atomic E-state index is 8.49. The molecule has 0 unspecified atom stereocenters. The molecule has 0 aliphatic rings.